The quantitative estimate of drug-likeness (QED) is 0.602. The number of aliphatic imine (C=N–C) groups is 1. The summed E-state index contributed by atoms with van der Waals surface area (Å²) in [6, 6.07) is 1.49. The molecule has 1 N–H and O–H groups in total. The number of halogens is 2. The third kappa shape index (κ3) is 5.10. The molecule has 0 bridgehead atoms. The molecular formula is C19H22F2N6O4S. The first-order valence-corrected chi connectivity index (χ1v) is 10.6. The van der Waals surface area contributed by atoms with Crippen LogP contribution in [0.3, 0.4) is 0 Å². The van der Waals surface area contributed by atoms with Crippen LogP contribution in [-0.4, -0.2) is 74.4 Å². The van der Waals surface area contributed by atoms with Gasteiger partial charge < -0.3 is 14.7 Å². The van der Waals surface area contributed by atoms with Crippen LogP contribution < -0.4 is 0 Å². The summed E-state index contributed by atoms with van der Waals surface area (Å²) in [6.45, 7) is -0.829. The maximum absolute atomic E-state index is 13.0. The third-order valence-corrected chi connectivity index (χ3v) is 5.50. The van der Waals surface area contributed by atoms with Crippen molar-refractivity contribution in [1.82, 2.24) is 24.6 Å². The van der Waals surface area contributed by atoms with Crippen LogP contribution in [-0.2, 0) is 9.53 Å². The minimum absolute atomic E-state index is 0.0550. The summed E-state index contributed by atoms with van der Waals surface area (Å²) in [5.74, 6) is -0.561. The van der Waals surface area contributed by atoms with E-state index in [4.69, 9.17) is 9.84 Å². The summed E-state index contributed by atoms with van der Waals surface area (Å²) in [6.07, 6.45) is 2.32. The number of carbonyl (C=O) groups is 2. The van der Waals surface area contributed by atoms with Gasteiger partial charge in [0.2, 0.25) is 0 Å². The van der Waals surface area contributed by atoms with Crippen molar-refractivity contribution >= 4 is 34.8 Å². The van der Waals surface area contributed by atoms with Crippen LogP contribution in [0.1, 0.15) is 37.0 Å². The monoisotopic (exact) mass is 468 g/mol. The molecular weight excluding hydrogens is 446 g/mol. The maximum Gasteiger partial charge on any atom is 0.410 e. The fourth-order valence-corrected chi connectivity index (χ4v) is 3.93. The Labute approximate surface area is 186 Å². The Morgan fingerprint density at radius 1 is 1.41 bits per heavy atom. The smallest absolute Gasteiger partial charge is 0.410 e. The van der Waals surface area contributed by atoms with E-state index in [1.807, 2.05) is 6.92 Å². The number of carbonyl (C=O) groups excluding carboxylic acids is 1. The number of nitrogens with zero attached hydrogens (tertiary/aromatic N) is 6. The minimum atomic E-state index is -2.77. The Bertz CT molecular complexity index is 1020. The number of allylic oxidation sites excluding steroid dienone is 1. The SMILES string of the molecule is CCC1=C(c2ccn(C(F)F)n2)CN=C(c2nccs2)N1CN(CCC(=O)O)C(=O)OC. The van der Waals surface area contributed by atoms with Gasteiger partial charge in [0.25, 0.3) is 0 Å². The molecule has 13 heteroatoms. The van der Waals surface area contributed by atoms with E-state index in [2.05, 4.69) is 15.1 Å². The molecule has 2 aromatic heterocycles. The van der Waals surface area contributed by atoms with Gasteiger partial charge in [-0.15, -0.1) is 11.3 Å². The first kappa shape index (κ1) is 23.3. The van der Waals surface area contributed by atoms with E-state index in [1.165, 1.54) is 35.6 Å². The Morgan fingerprint density at radius 3 is 2.75 bits per heavy atom. The molecule has 0 fully saturated rings. The van der Waals surface area contributed by atoms with Gasteiger partial charge in [0.15, 0.2) is 10.8 Å². The summed E-state index contributed by atoms with van der Waals surface area (Å²) < 4.78 is 31.5. The van der Waals surface area contributed by atoms with E-state index in [0.29, 0.717) is 38.9 Å². The van der Waals surface area contributed by atoms with Crippen LogP contribution in [0.15, 0.2) is 34.5 Å². The molecule has 0 atom stereocenters. The van der Waals surface area contributed by atoms with Gasteiger partial charge >= 0.3 is 18.6 Å². The van der Waals surface area contributed by atoms with E-state index in [9.17, 15) is 18.4 Å². The van der Waals surface area contributed by atoms with Crippen molar-refractivity contribution in [2.45, 2.75) is 26.3 Å². The minimum Gasteiger partial charge on any atom is -0.481 e. The molecule has 1 aliphatic rings. The van der Waals surface area contributed by atoms with Crippen LogP contribution in [0.2, 0.25) is 0 Å². The van der Waals surface area contributed by atoms with E-state index >= 15 is 0 Å². The molecule has 1 amide bonds. The predicted octanol–water partition coefficient (Wildman–Crippen LogP) is 3.12. The summed E-state index contributed by atoms with van der Waals surface area (Å²) in [5, 5.41) is 15.4. The van der Waals surface area contributed by atoms with Crippen molar-refractivity contribution in [3.8, 4) is 0 Å². The van der Waals surface area contributed by atoms with Gasteiger partial charge in [0.1, 0.15) is 6.67 Å². The number of hydrogen-bond donors (Lipinski definition) is 1. The lowest BCUT2D eigenvalue weighted by molar-refractivity contribution is -0.137. The summed E-state index contributed by atoms with van der Waals surface area (Å²) in [7, 11) is 1.21. The van der Waals surface area contributed by atoms with Gasteiger partial charge in [-0.2, -0.15) is 13.9 Å². The number of methoxy groups -OCH3 is 1. The van der Waals surface area contributed by atoms with Crippen LogP contribution in [0.25, 0.3) is 5.57 Å². The molecule has 3 heterocycles. The standard InChI is InChI=1S/C19H22F2N6O4S/c1-3-14-12(13-4-8-27(24-13)18(20)21)10-23-16(17-22-6-9-32-17)26(14)11-25(19(30)31-2)7-5-15(28)29/h4,6,8-9,18H,3,5,7,10-11H2,1-2H3,(H,28,29). The van der Waals surface area contributed by atoms with Crippen molar-refractivity contribution in [3.05, 3.63) is 40.2 Å². The molecule has 2 aromatic rings. The van der Waals surface area contributed by atoms with Crippen molar-refractivity contribution in [2.24, 2.45) is 4.99 Å². The second-order valence-corrected chi connectivity index (χ2v) is 7.56. The van der Waals surface area contributed by atoms with Crippen LogP contribution in [0.4, 0.5) is 13.6 Å². The number of thiazole rings is 1. The summed E-state index contributed by atoms with van der Waals surface area (Å²) in [5.41, 5.74) is 1.70. The molecule has 10 nitrogen and oxygen atoms in total. The van der Waals surface area contributed by atoms with Gasteiger partial charge in [-0.1, -0.05) is 6.92 Å². The van der Waals surface area contributed by atoms with Gasteiger partial charge in [0, 0.05) is 35.6 Å². The zero-order valence-corrected chi connectivity index (χ0v) is 18.3. The number of aliphatic carboxylic acids is 1. The topological polar surface area (TPSA) is 113 Å². The molecule has 3 rings (SSSR count). The number of alkyl halides is 2. The zero-order chi connectivity index (χ0) is 23.3. The van der Waals surface area contributed by atoms with Crippen molar-refractivity contribution in [3.63, 3.8) is 0 Å². The lowest BCUT2D eigenvalue weighted by atomic mass is 10.1. The highest BCUT2D eigenvalue weighted by molar-refractivity contribution is 7.11. The second-order valence-electron chi connectivity index (χ2n) is 6.66. The fraction of sp³-hybridized carbons (Fsp3) is 0.421. The average Bonchev–Trinajstić information content (AvgIpc) is 3.47. The highest BCUT2D eigenvalue weighted by Gasteiger charge is 2.30. The second kappa shape index (κ2) is 10.3. The lowest BCUT2D eigenvalue weighted by Crippen LogP contribution is -2.46. The number of hydrogen-bond acceptors (Lipinski definition) is 8. The fourth-order valence-electron chi connectivity index (χ4n) is 3.28. The maximum atomic E-state index is 13.0. The van der Waals surface area contributed by atoms with Crippen LogP contribution >= 0.6 is 11.3 Å². The number of ether oxygens (including phenoxy) is 1. The number of amides is 1. The first-order chi connectivity index (χ1) is 15.3. The molecule has 0 aromatic carbocycles. The average molecular weight is 468 g/mol. The molecule has 172 valence electrons. The molecule has 0 unspecified atom stereocenters. The molecule has 0 radical (unpaired) electrons. The summed E-state index contributed by atoms with van der Waals surface area (Å²) >= 11 is 1.36. The van der Waals surface area contributed by atoms with Crippen LogP contribution in [0.5, 0.6) is 0 Å². The van der Waals surface area contributed by atoms with E-state index in [0.717, 1.165) is 0 Å². The highest BCUT2D eigenvalue weighted by Crippen LogP contribution is 2.30. The molecule has 1 aliphatic heterocycles. The zero-order valence-electron chi connectivity index (χ0n) is 17.4. The molecule has 0 aliphatic carbocycles. The van der Waals surface area contributed by atoms with E-state index in [1.54, 1.807) is 16.5 Å². The van der Waals surface area contributed by atoms with Gasteiger partial charge in [-0.3, -0.25) is 14.7 Å². The number of amidine groups is 1. The van der Waals surface area contributed by atoms with Crippen molar-refractivity contribution < 1.29 is 28.2 Å². The Hall–Kier alpha value is -3.35. The molecule has 0 saturated heterocycles. The predicted molar refractivity (Wildman–Crippen MR) is 112 cm³/mol. The Kier molecular flexibility index (Phi) is 7.51. The van der Waals surface area contributed by atoms with Crippen molar-refractivity contribution in [2.75, 3.05) is 26.9 Å². The normalized spacial score (nSPS) is 14.0. The number of aromatic nitrogens is 3. The third-order valence-electron chi connectivity index (χ3n) is 4.73. The van der Waals surface area contributed by atoms with Gasteiger partial charge in [0.05, 0.1) is 25.8 Å². The van der Waals surface area contributed by atoms with Crippen molar-refractivity contribution in [1.29, 1.82) is 0 Å². The first-order valence-electron chi connectivity index (χ1n) is 9.67. The number of carboxylic acid groups (broad SMARTS) is 1. The molecule has 32 heavy (non-hydrogen) atoms. The Balaban J connectivity index is 2.02. The lowest BCUT2D eigenvalue weighted by Gasteiger charge is -2.36. The van der Waals surface area contributed by atoms with E-state index < -0.39 is 18.6 Å². The summed E-state index contributed by atoms with van der Waals surface area (Å²) in [4.78, 5) is 35.3. The molecule has 0 saturated carbocycles. The highest BCUT2D eigenvalue weighted by atomic mass is 32.1. The Morgan fingerprint density at radius 2 is 2.19 bits per heavy atom. The van der Waals surface area contributed by atoms with Gasteiger partial charge in [-0.05, 0) is 12.5 Å². The van der Waals surface area contributed by atoms with Crippen LogP contribution in [0, 0.1) is 0 Å². The van der Waals surface area contributed by atoms with Gasteiger partial charge in [-0.25, -0.2) is 14.5 Å². The number of carboxylic acids is 1. The largest absolute Gasteiger partial charge is 0.481 e. The van der Waals surface area contributed by atoms with E-state index in [-0.39, 0.29) is 26.2 Å². The molecule has 0 spiro atoms. The number of rotatable bonds is 9.